The molecule has 0 amide bonds. The molecule has 3 rings (SSSR count). The zero-order valence-electron chi connectivity index (χ0n) is 11.9. The second-order valence-electron chi connectivity index (χ2n) is 5.60. The monoisotopic (exact) mass is 305 g/mol. The largest absolute Gasteiger partial charge is 0.384 e. The Balaban J connectivity index is 1.84. The lowest BCUT2D eigenvalue weighted by Gasteiger charge is -2.07. The van der Waals surface area contributed by atoms with Gasteiger partial charge in [0.25, 0.3) is 0 Å². The number of fused-ring (bicyclic) bond motifs is 1. The Morgan fingerprint density at radius 1 is 1.33 bits per heavy atom. The van der Waals surface area contributed by atoms with Gasteiger partial charge in [0.1, 0.15) is 5.82 Å². The van der Waals surface area contributed by atoms with Gasteiger partial charge < -0.3 is 5.73 Å². The molecule has 2 unspecified atom stereocenters. The van der Waals surface area contributed by atoms with Gasteiger partial charge in [-0.2, -0.15) is 0 Å². The number of pyridine rings is 1. The highest BCUT2D eigenvalue weighted by atomic mass is 32.2. The molecular weight excluding hydrogens is 286 g/mol. The van der Waals surface area contributed by atoms with E-state index in [2.05, 4.69) is 16.6 Å². The van der Waals surface area contributed by atoms with Crippen molar-refractivity contribution in [2.45, 2.75) is 37.1 Å². The van der Waals surface area contributed by atoms with Crippen molar-refractivity contribution in [3.05, 3.63) is 30.3 Å². The van der Waals surface area contributed by atoms with Crippen LogP contribution in [0.5, 0.6) is 0 Å². The number of aromatic nitrogens is 1. The average molecular weight is 305 g/mol. The first-order valence-corrected chi connectivity index (χ1v) is 8.66. The van der Waals surface area contributed by atoms with Crippen LogP contribution in [0.2, 0.25) is 0 Å². The highest BCUT2D eigenvalue weighted by Crippen LogP contribution is 2.35. The second-order valence-corrected chi connectivity index (χ2v) is 7.32. The van der Waals surface area contributed by atoms with E-state index in [0.29, 0.717) is 17.3 Å². The Morgan fingerprint density at radius 3 is 2.90 bits per heavy atom. The Labute approximate surface area is 124 Å². The van der Waals surface area contributed by atoms with Gasteiger partial charge in [0.2, 0.25) is 10.0 Å². The van der Waals surface area contributed by atoms with Gasteiger partial charge in [-0.25, -0.2) is 18.1 Å². The third-order valence-corrected chi connectivity index (χ3v) is 5.37. The van der Waals surface area contributed by atoms with E-state index in [9.17, 15) is 8.42 Å². The molecule has 0 spiro atoms. The van der Waals surface area contributed by atoms with E-state index in [4.69, 9.17) is 5.73 Å². The van der Waals surface area contributed by atoms with Crippen molar-refractivity contribution in [1.29, 1.82) is 0 Å². The maximum absolute atomic E-state index is 12.4. The maximum atomic E-state index is 12.4. The fourth-order valence-corrected chi connectivity index (χ4v) is 3.99. The van der Waals surface area contributed by atoms with Gasteiger partial charge in [-0.15, -0.1) is 0 Å². The summed E-state index contributed by atoms with van der Waals surface area (Å²) in [6.45, 7) is 2.12. The molecule has 0 saturated heterocycles. The van der Waals surface area contributed by atoms with Crippen molar-refractivity contribution < 1.29 is 8.42 Å². The molecule has 1 aliphatic carbocycles. The summed E-state index contributed by atoms with van der Waals surface area (Å²) in [6.07, 6.45) is 3.11. The van der Waals surface area contributed by atoms with Crippen LogP contribution in [0, 0.1) is 5.92 Å². The van der Waals surface area contributed by atoms with Crippen molar-refractivity contribution in [1.82, 2.24) is 9.71 Å². The number of nitrogen functional groups attached to an aromatic ring is 1. The molecule has 1 aromatic heterocycles. The Kier molecular flexibility index (Phi) is 3.59. The van der Waals surface area contributed by atoms with E-state index in [0.717, 1.165) is 24.6 Å². The van der Waals surface area contributed by atoms with E-state index in [1.165, 1.54) is 0 Å². The second kappa shape index (κ2) is 5.27. The lowest BCUT2D eigenvalue weighted by molar-refractivity contribution is 0.573. The van der Waals surface area contributed by atoms with E-state index < -0.39 is 10.0 Å². The summed E-state index contributed by atoms with van der Waals surface area (Å²) < 4.78 is 27.6. The normalized spacial score (nSPS) is 21.6. The van der Waals surface area contributed by atoms with Gasteiger partial charge in [-0.1, -0.05) is 13.3 Å². The molecule has 0 aliphatic heterocycles. The summed E-state index contributed by atoms with van der Waals surface area (Å²) in [5.74, 6) is 0.920. The highest BCUT2D eigenvalue weighted by molar-refractivity contribution is 7.89. The van der Waals surface area contributed by atoms with E-state index in [1.54, 1.807) is 30.3 Å². The smallest absolute Gasteiger partial charge is 0.240 e. The van der Waals surface area contributed by atoms with Crippen LogP contribution in [0.3, 0.4) is 0 Å². The number of nitrogens with two attached hydrogens (primary N) is 1. The summed E-state index contributed by atoms with van der Waals surface area (Å²) in [7, 11) is -3.46. The number of sulfonamides is 1. The van der Waals surface area contributed by atoms with Gasteiger partial charge in [-0.05, 0) is 49.1 Å². The first kappa shape index (κ1) is 14.3. The molecule has 3 N–H and O–H groups in total. The van der Waals surface area contributed by atoms with Crippen LogP contribution in [0.25, 0.3) is 10.9 Å². The summed E-state index contributed by atoms with van der Waals surface area (Å²) in [5.41, 5.74) is 6.32. The molecule has 2 aromatic rings. The molecule has 1 fully saturated rings. The predicted molar refractivity (Wildman–Crippen MR) is 83.3 cm³/mol. The molecule has 21 heavy (non-hydrogen) atoms. The predicted octanol–water partition coefficient (Wildman–Crippen LogP) is 2.28. The molecule has 1 aromatic carbocycles. The average Bonchev–Trinajstić information content (AvgIpc) is 3.15. The van der Waals surface area contributed by atoms with Crippen LogP contribution in [-0.4, -0.2) is 19.4 Å². The van der Waals surface area contributed by atoms with Gasteiger partial charge in [-0.3, -0.25) is 0 Å². The minimum atomic E-state index is -3.46. The Hall–Kier alpha value is -1.66. The molecular formula is C15H19N3O2S. The first-order valence-electron chi connectivity index (χ1n) is 7.18. The van der Waals surface area contributed by atoms with E-state index in [-0.39, 0.29) is 10.9 Å². The zero-order chi connectivity index (χ0) is 15.0. The number of hydrogen-bond donors (Lipinski definition) is 2. The van der Waals surface area contributed by atoms with E-state index >= 15 is 0 Å². The van der Waals surface area contributed by atoms with Crippen molar-refractivity contribution in [2.75, 3.05) is 5.73 Å². The lowest BCUT2D eigenvalue weighted by Crippen LogP contribution is -2.27. The Morgan fingerprint density at radius 2 is 2.14 bits per heavy atom. The third kappa shape index (κ3) is 3.01. The van der Waals surface area contributed by atoms with Crippen LogP contribution in [-0.2, 0) is 10.0 Å². The molecule has 5 nitrogen and oxygen atoms in total. The van der Waals surface area contributed by atoms with Gasteiger partial charge in [0, 0.05) is 11.4 Å². The molecule has 112 valence electrons. The molecule has 0 radical (unpaired) electrons. The van der Waals surface area contributed by atoms with Crippen LogP contribution < -0.4 is 10.5 Å². The molecule has 1 saturated carbocycles. The number of nitrogens with one attached hydrogen (secondary N) is 1. The number of anilines is 1. The summed E-state index contributed by atoms with van der Waals surface area (Å²) >= 11 is 0. The highest BCUT2D eigenvalue weighted by Gasteiger charge is 2.39. The summed E-state index contributed by atoms with van der Waals surface area (Å²) in [6, 6.07) is 8.46. The van der Waals surface area contributed by atoms with Crippen molar-refractivity contribution in [2.24, 2.45) is 5.92 Å². The zero-order valence-corrected chi connectivity index (χ0v) is 12.7. The number of hydrogen-bond acceptors (Lipinski definition) is 4. The van der Waals surface area contributed by atoms with Crippen LogP contribution in [0.15, 0.2) is 35.2 Å². The number of benzene rings is 1. The molecule has 1 heterocycles. The fraction of sp³-hybridized carbons (Fsp3) is 0.400. The van der Waals surface area contributed by atoms with Crippen LogP contribution in [0.4, 0.5) is 5.82 Å². The van der Waals surface area contributed by atoms with Crippen LogP contribution >= 0.6 is 0 Å². The van der Waals surface area contributed by atoms with Crippen LogP contribution in [0.1, 0.15) is 26.2 Å². The summed E-state index contributed by atoms with van der Waals surface area (Å²) in [4.78, 5) is 4.45. The molecule has 0 bridgehead atoms. The lowest BCUT2D eigenvalue weighted by atomic mass is 10.2. The number of rotatable bonds is 5. The Bertz CT molecular complexity index is 774. The SMILES string of the molecule is CCCC1CC1NS(=O)(=O)c1ccc2nc(N)ccc2c1. The quantitative estimate of drug-likeness (QED) is 0.887. The topological polar surface area (TPSA) is 85.1 Å². The fourth-order valence-electron chi connectivity index (χ4n) is 2.64. The number of nitrogens with zero attached hydrogens (tertiary/aromatic N) is 1. The first-order chi connectivity index (χ1) is 9.99. The standard InChI is InChI=1S/C15H19N3O2S/c1-2-3-10-9-14(10)18-21(19,20)12-5-6-13-11(8-12)4-7-15(16)17-13/h4-8,10,14,18H,2-3,9H2,1H3,(H2,16,17). The minimum absolute atomic E-state index is 0.0928. The summed E-state index contributed by atoms with van der Waals surface area (Å²) in [5, 5.41) is 0.771. The molecule has 6 heteroatoms. The van der Waals surface area contributed by atoms with Crippen molar-refractivity contribution in [3.63, 3.8) is 0 Å². The van der Waals surface area contributed by atoms with Crippen molar-refractivity contribution >= 4 is 26.7 Å². The third-order valence-electron chi connectivity index (χ3n) is 3.88. The van der Waals surface area contributed by atoms with Crippen molar-refractivity contribution in [3.8, 4) is 0 Å². The van der Waals surface area contributed by atoms with E-state index in [1.807, 2.05) is 0 Å². The molecule has 2 atom stereocenters. The molecule has 1 aliphatic rings. The van der Waals surface area contributed by atoms with Gasteiger partial charge in [0.15, 0.2) is 0 Å². The minimum Gasteiger partial charge on any atom is -0.384 e. The van der Waals surface area contributed by atoms with Gasteiger partial charge in [0.05, 0.1) is 10.4 Å². The maximum Gasteiger partial charge on any atom is 0.240 e. The van der Waals surface area contributed by atoms with Gasteiger partial charge >= 0.3 is 0 Å².